The number of nitrogens with one attached hydrogen (secondary N) is 1. The Kier molecular flexibility index (Phi) is 7.89. The van der Waals surface area contributed by atoms with Crippen LogP contribution in [0.3, 0.4) is 0 Å². The third-order valence-corrected chi connectivity index (χ3v) is 8.52. The lowest BCUT2D eigenvalue weighted by atomic mass is 9.97. The molecule has 0 aliphatic carbocycles. The number of hydrogen-bond acceptors (Lipinski definition) is 6. The first-order chi connectivity index (χ1) is 19.8. The summed E-state index contributed by atoms with van der Waals surface area (Å²) in [5, 5.41) is 8.28. The molecule has 5 aromatic carbocycles. The minimum absolute atomic E-state index is 0.0412. The van der Waals surface area contributed by atoms with Crippen molar-refractivity contribution >= 4 is 49.4 Å². The lowest BCUT2D eigenvalue weighted by molar-refractivity contribution is -0.119. The zero-order chi connectivity index (χ0) is 29.0. The molecule has 5 rings (SSSR count). The van der Waals surface area contributed by atoms with E-state index in [0.717, 1.165) is 37.0 Å². The topological polar surface area (TPSA) is 97.3 Å². The summed E-state index contributed by atoms with van der Waals surface area (Å²) in [6.45, 7) is 1.33. The van der Waals surface area contributed by atoms with Crippen molar-refractivity contribution in [3.8, 4) is 11.5 Å². The largest absolute Gasteiger partial charge is 0.497 e. The molecule has 1 amide bonds. The van der Waals surface area contributed by atoms with E-state index in [0.29, 0.717) is 5.75 Å². The molecule has 0 aliphatic rings. The molecule has 8 nitrogen and oxygen atoms in total. The van der Waals surface area contributed by atoms with Crippen molar-refractivity contribution in [2.45, 2.75) is 11.8 Å². The number of nitrogens with zero attached hydrogens (tertiary/aromatic N) is 2. The number of amides is 1. The number of aryl methyl sites for hydroxylation is 1. The van der Waals surface area contributed by atoms with Gasteiger partial charge in [-0.05, 0) is 58.8 Å². The first-order valence-electron chi connectivity index (χ1n) is 12.9. The van der Waals surface area contributed by atoms with Gasteiger partial charge in [0.2, 0.25) is 0 Å². The summed E-state index contributed by atoms with van der Waals surface area (Å²) in [6.07, 6.45) is 1.59. The van der Waals surface area contributed by atoms with Crippen molar-refractivity contribution in [1.82, 2.24) is 5.43 Å². The highest BCUT2D eigenvalue weighted by molar-refractivity contribution is 7.92. The summed E-state index contributed by atoms with van der Waals surface area (Å²) >= 11 is 0. The van der Waals surface area contributed by atoms with Crippen molar-refractivity contribution in [1.29, 1.82) is 0 Å². The number of hydrazone groups is 1. The normalized spacial score (nSPS) is 11.6. The maximum atomic E-state index is 13.8. The highest BCUT2D eigenvalue weighted by atomic mass is 32.2. The van der Waals surface area contributed by atoms with Gasteiger partial charge in [0.05, 0.1) is 31.0 Å². The van der Waals surface area contributed by atoms with Crippen LogP contribution in [-0.2, 0) is 14.8 Å². The van der Waals surface area contributed by atoms with Gasteiger partial charge in [0.25, 0.3) is 15.9 Å². The molecule has 0 aromatic heterocycles. The summed E-state index contributed by atoms with van der Waals surface area (Å²) in [5.74, 6) is 0.0903. The molecule has 0 bridgehead atoms. The molecular formula is C32H29N3O5S. The fourth-order valence-electron chi connectivity index (χ4n) is 4.65. The minimum atomic E-state index is -4.15. The summed E-state index contributed by atoms with van der Waals surface area (Å²) in [4.78, 5) is 13.2. The lowest BCUT2D eigenvalue weighted by Crippen LogP contribution is -2.39. The Labute approximate surface area is 238 Å². The molecule has 208 valence electrons. The van der Waals surface area contributed by atoms with E-state index >= 15 is 0 Å². The van der Waals surface area contributed by atoms with Crippen LogP contribution in [0.25, 0.3) is 21.5 Å². The molecule has 0 atom stereocenters. The van der Waals surface area contributed by atoms with Gasteiger partial charge in [-0.1, -0.05) is 66.2 Å². The Morgan fingerprint density at radius 1 is 0.854 bits per heavy atom. The monoisotopic (exact) mass is 567 g/mol. The van der Waals surface area contributed by atoms with Gasteiger partial charge in [-0.15, -0.1) is 0 Å². The molecule has 41 heavy (non-hydrogen) atoms. The van der Waals surface area contributed by atoms with Crippen LogP contribution < -0.4 is 19.2 Å². The van der Waals surface area contributed by atoms with Crippen LogP contribution in [0.5, 0.6) is 11.5 Å². The number of carbonyl (C=O) groups excluding carboxylic acids is 1. The molecule has 0 saturated heterocycles. The van der Waals surface area contributed by atoms with E-state index in [4.69, 9.17) is 9.47 Å². The van der Waals surface area contributed by atoms with Crippen LogP contribution in [0.2, 0.25) is 0 Å². The highest BCUT2D eigenvalue weighted by Gasteiger charge is 2.29. The second-order valence-corrected chi connectivity index (χ2v) is 11.3. The summed E-state index contributed by atoms with van der Waals surface area (Å²) in [5.41, 5.74) is 4.46. The van der Waals surface area contributed by atoms with Gasteiger partial charge in [-0.25, -0.2) is 13.8 Å². The van der Waals surface area contributed by atoms with Crippen LogP contribution in [0.1, 0.15) is 11.1 Å². The molecule has 0 fully saturated rings. The fraction of sp³-hybridized carbons (Fsp3) is 0.125. The average molecular weight is 568 g/mol. The van der Waals surface area contributed by atoms with Crippen molar-refractivity contribution in [2.24, 2.45) is 5.10 Å². The minimum Gasteiger partial charge on any atom is -0.497 e. The van der Waals surface area contributed by atoms with Crippen LogP contribution >= 0.6 is 0 Å². The van der Waals surface area contributed by atoms with Crippen molar-refractivity contribution in [2.75, 3.05) is 25.1 Å². The zero-order valence-electron chi connectivity index (χ0n) is 22.9. The first-order valence-corrected chi connectivity index (χ1v) is 14.3. The number of sulfonamides is 1. The van der Waals surface area contributed by atoms with Gasteiger partial charge in [0.1, 0.15) is 18.0 Å². The Morgan fingerprint density at radius 2 is 1.49 bits per heavy atom. The van der Waals surface area contributed by atoms with Gasteiger partial charge in [-0.2, -0.15) is 5.10 Å². The van der Waals surface area contributed by atoms with Gasteiger partial charge in [0.15, 0.2) is 0 Å². The number of rotatable bonds is 9. The van der Waals surface area contributed by atoms with E-state index in [-0.39, 0.29) is 16.3 Å². The van der Waals surface area contributed by atoms with Gasteiger partial charge in [0, 0.05) is 11.6 Å². The molecule has 0 heterocycles. The second-order valence-electron chi connectivity index (χ2n) is 9.39. The molecule has 0 saturated carbocycles. The third kappa shape index (κ3) is 5.71. The van der Waals surface area contributed by atoms with E-state index in [1.807, 2.05) is 55.5 Å². The van der Waals surface area contributed by atoms with Crippen LogP contribution in [-0.4, -0.2) is 41.3 Å². The molecule has 0 radical (unpaired) electrons. The number of ether oxygens (including phenoxy) is 2. The van der Waals surface area contributed by atoms with E-state index < -0.39 is 22.5 Å². The Balaban J connectivity index is 1.48. The number of methoxy groups -OCH3 is 2. The number of anilines is 1. The SMILES string of the molecule is COc1ccc(N(CC(=O)N/N=C\c2c3ccccc3cc3ccccc23)S(=O)(=O)c2ccc(C)cc2)c(OC)c1. The van der Waals surface area contributed by atoms with E-state index in [9.17, 15) is 13.2 Å². The summed E-state index contributed by atoms with van der Waals surface area (Å²) in [7, 11) is -1.23. The van der Waals surface area contributed by atoms with Crippen molar-refractivity contribution < 1.29 is 22.7 Å². The van der Waals surface area contributed by atoms with Gasteiger partial charge >= 0.3 is 0 Å². The van der Waals surface area contributed by atoms with Gasteiger partial charge in [-0.3, -0.25) is 9.10 Å². The predicted octanol–water partition coefficient (Wildman–Crippen LogP) is 5.66. The standard InChI is InChI=1S/C32H29N3O5S/c1-22-12-15-26(16-13-22)41(37,38)35(30-17-14-25(39-2)19-31(30)40-3)21-32(36)34-33-20-29-27-10-6-4-8-23(27)18-24-9-5-7-11-28(24)29/h4-20H,21H2,1-3H3,(H,34,36)/b33-20-. The van der Waals surface area contributed by atoms with Crippen molar-refractivity contribution in [3.05, 3.63) is 108 Å². The zero-order valence-corrected chi connectivity index (χ0v) is 23.7. The van der Waals surface area contributed by atoms with E-state index in [1.165, 1.54) is 26.4 Å². The highest BCUT2D eigenvalue weighted by Crippen LogP contribution is 2.35. The second kappa shape index (κ2) is 11.7. The fourth-order valence-corrected chi connectivity index (χ4v) is 6.08. The third-order valence-electron chi connectivity index (χ3n) is 6.75. The number of hydrogen-bond donors (Lipinski definition) is 1. The van der Waals surface area contributed by atoms with Crippen LogP contribution in [0.15, 0.2) is 107 Å². The van der Waals surface area contributed by atoms with E-state index in [1.54, 1.807) is 36.5 Å². The number of carbonyl (C=O) groups is 1. The van der Waals surface area contributed by atoms with Crippen LogP contribution in [0.4, 0.5) is 5.69 Å². The predicted molar refractivity (Wildman–Crippen MR) is 162 cm³/mol. The Bertz CT molecular complexity index is 1810. The lowest BCUT2D eigenvalue weighted by Gasteiger charge is -2.25. The van der Waals surface area contributed by atoms with Gasteiger partial charge < -0.3 is 9.47 Å². The molecule has 0 unspecified atom stereocenters. The molecule has 1 N–H and O–H groups in total. The summed E-state index contributed by atoms with van der Waals surface area (Å²) in [6, 6.07) is 29.1. The van der Waals surface area contributed by atoms with E-state index in [2.05, 4.69) is 16.6 Å². The average Bonchev–Trinajstić information content (AvgIpc) is 2.99. The Hall–Kier alpha value is -4.89. The molecule has 0 aliphatic heterocycles. The maximum absolute atomic E-state index is 13.8. The van der Waals surface area contributed by atoms with Crippen LogP contribution in [0, 0.1) is 6.92 Å². The number of fused-ring (bicyclic) bond motifs is 2. The number of benzene rings is 5. The maximum Gasteiger partial charge on any atom is 0.264 e. The quantitative estimate of drug-likeness (QED) is 0.141. The molecule has 5 aromatic rings. The first kappa shape index (κ1) is 27.7. The molecule has 0 spiro atoms. The Morgan fingerprint density at radius 3 is 2.10 bits per heavy atom. The smallest absolute Gasteiger partial charge is 0.264 e. The molecule has 9 heteroatoms. The summed E-state index contributed by atoms with van der Waals surface area (Å²) < 4.78 is 39.4. The molecular weight excluding hydrogens is 538 g/mol. The van der Waals surface area contributed by atoms with Crippen molar-refractivity contribution in [3.63, 3.8) is 0 Å².